The fourth-order valence-electron chi connectivity index (χ4n) is 1.28. The van der Waals surface area contributed by atoms with Crippen LogP contribution in [-0.2, 0) is 4.74 Å². The third kappa shape index (κ3) is 3.57. The van der Waals surface area contributed by atoms with Gasteiger partial charge in [0.25, 0.3) is 5.69 Å². The van der Waals surface area contributed by atoms with Gasteiger partial charge in [0, 0.05) is 6.07 Å². The van der Waals surface area contributed by atoms with E-state index in [1.165, 1.54) is 0 Å². The van der Waals surface area contributed by atoms with Crippen molar-refractivity contribution >= 4 is 17.3 Å². The summed E-state index contributed by atoms with van der Waals surface area (Å²) in [5, 5.41) is 21.1. The number of carbonyl (C=O) groups is 1. The molecule has 0 saturated heterocycles. The van der Waals surface area contributed by atoms with E-state index in [4.69, 9.17) is 5.11 Å². The topological polar surface area (TPSA) is 102 Å². The first kappa shape index (κ1) is 15.7. The summed E-state index contributed by atoms with van der Waals surface area (Å²) in [4.78, 5) is 21.0. The molecule has 0 aliphatic carbocycles. The Morgan fingerprint density at radius 3 is 2.55 bits per heavy atom. The molecule has 1 aromatic carbocycles. The van der Waals surface area contributed by atoms with Crippen LogP contribution >= 0.6 is 0 Å². The highest BCUT2D eigenvalue weighted by Crippen LogP contribution is 2.29. The fourth-order valence-corrected chi connectivity index (χ4v) is 1.28. The molecule has 0 aliphatic heterocycles. The normalized spacial score (nSPS) is 12.7. The maximum Gasteiger partial charge on any atom is 0.433 e. The van der Waals surface area contributed by atoms with Gasteiger partial charge in [0.05, 0.1) is 17.6 Å². The molecule has 0 fully saturated rings. The van der Waals surface area contributed by atoms with Crippen LogP contribution in [0.5, 0.6) is 0 Å². The maximum atomic E-state index is 12.2. The van der Waals surface area contributed by atoms with Crippen molar-refractivity contribution in [2.45, 2.75) is 12.4 Å². The van der Waals surface area contributed by atoms with Gasteiger partial charge in [-0.05, 0) is 12.1 Å². The fraction of sp³-hybridized carbons (Fsp3) is 0.300. The minimum atomic E-state index is -4.99. The molecule has 2 N–H and O–H groups in total. The van der Waals surface area contributed by atoms with Crippen molar-refractivity contribution < 1.29 is 32.7 Å². The Morgan fingerprint density at radius 1 is 1.50 bits per heavy atom. The molecule has 0 aliphatic rings. The monoisotopic (exact) mass is 294 g/mol. The van der Waals surface area contributed by atoms with Gasteiger partial charge in [-0.15, -0.1) is 0 Å². The number of ether oxygens (including phenoxy) is 1. The standard InChI is InChI=1S/C10H9F3N2O5/c1-20-8(16)5-2-3-6(7(4-5)15(18)19)14-9(17)10(11,12)13/h2-4,9,14,17H,1H3. The van der Waals surface area contributed by atoms with E-state index in [0.29, 0.717) is 0 Å². The highest BCUT2D eigenvalue weighted by molar-refractivity contribution is 5.91. The number of benzene rings is 1. The molecule has 0 aromatic heterocycles. The van der Waals surface area contributed by atoms with Crippen molar-refractivity contribution in [1.29, 1.82) is 0 Å². The Balaban J connectivity index is 3.14. The number of halogens is 3. The van der Waals surface area contributed by atoms with Crippen molar-refractivity contribution in [2.24, 2.45) is 0 Å². The van der Waals surface area contributed by atoms with Crippen molar-refractivity contribution in [3.63, 3.8) is 0 Å². The van der Waals surface area contributed by atoms with Gasteiger partial charge in [0.15, 0.2) is 0 Å². The van der Waals surface area contributed by atoms with Crippen LogP contribution in [0.4, 0.5) is 24.5 Å². The van der Waals surface area contributed by atoms with E-state index in [1.54, 1.807) is 5.32 Å². The summed E-state index contributed by atoms with van der Waals surface area (Å²) in [6.45, 7) is 0. The number of alkyl halides is 3. The van der Waals surface area contributed by atoms with Gasteiger partial charge < -0.3 is 15.2 Å². The number of methoxy groups -OCH3 is 1. The molecule has 1 rings (SSSR count). The molecule has 1 aromatic rings. The molecule has 10 heteroatoms. The molecule has 0 saturated carbocycles. The maximum absolute atomic E-state index is 12.2. The van der Waals surface area contributed by atoms with Crippen LogP contribution < -0.4 is 5.32 Å². The lowest BCUT2D eigenvalue weighted by Gasteiger charge is -2.17. The molecular weight excluding hydrogens is 285 g/mol. The van der Waals surface area contributed by atoms with Crippen LogP contribution in [0, 0.1) is 10.1 Å². The lowest BCUT2D eigenvalue weighted by atomic mass is 10.1. The summed E-state index contributed by atoms with van der Waals surface area (Å²) in [5.41, 5.74) is -1.57. The molecule has 1 atom stereocenters. The molecule has 0 bridgehead atoms. The zero-order chi connectivity index (χ0) is 15.5. The van der Waals surface area contributed by atoms with Crippen molar-refractivity contribution in [3.05, 3.63) is 33.9 Å². The van der Waals surface area contributed by atoms with Gasteiger partial charge in [-0.1, -0.05) is 0 Å². The third-order valence-corrected chi connectivity index (χ3v) is 2.22. The highest BCUT2D eigenvalue weighted by Gasteiger charge is 2.39. The predicted molar refractivity (Wildman–Crippen MR) is 60.1 cm³/mol. The van der Waals surface area contributed by atoms with Gasteiger partial charge in [-0.3, -0.25) is 10.1 Å². The van der Waals surface area contributed by atoms with E-state index in [9.17, 15) is 28.1 Å². The summed E-state index contributed by atoms with van der Waals surface area (Å²) in [6.07, 6.45) is -7.96. The first-order valence-electron chi connectivity index (χ1n) is 5.05. The summed E-state index contributed by atoms with van der Waals surface area (Å²) < 4.78 is 40.9. The number of nitrogens with one attached hydrogen (secondary N) is 1. The van der Waals surface area contributed by atoms with Crippen molar-refractivity contribution in [2.75, 3.05) is 12.4 Å². The van der Waals surface area contributed by atoms with Crippen molar-refractivity contribution in [1.82, 2.24) is 0 Å². The number of nitro benzene ring substituents is 1. The van der Waals surface area contributed by atoms with Gasteiger partial charge >= 0.3 is 12.1 Å². The van der Waals surface area contributed by atoms with Crippen LogP contribution in [0.1, 0.15) is 10.4 Å². The third-order valence-electron chi connectivity index (χ3n) is 2.22. The molecule has 1 unspecified atom stereocenters. The second kappa shape index (κ2) is 5.74. The van der Waals surface area contributed by atoms with E-state index in [2.05, 4.69) is 4.74 Å². The number of nitrogens with zero attached hydrogens (tertiary/aromatic N) is 1. The largest absolute Gasteiger partial charge is 0.465 e. The second-order valence-electron chi connectivity index (χ2n) is 3.57. The highest BCUT2D eigenvalue weighted by atomic mass is 19.4. The van der Waals surface area contributed by atoms with E-state index in [1.807, 2.05) is 0 Å². The summed E-state index contributed by atoms with van der Waals surface area (Å²) >= 11 is 0. The van der Waals surface area contributed by atoms with Crippen LogP contribution in [0.15, 0.2) is 18.2 Å². The average Bonchev–Trinajstić information content (AvgIpc) is 2.36. The average molecular weight is 294 g/mol. The number of esters is 1. The number of hydrogen-bond donors (Lipinski definition) is 2. The molecule has 7 nitrogen and oxygen atoms in total. The Bertz CT molecular complexity index is 532. The van der Waals surface area contributed by atoms with E-state index < -0.39 is 34.7 Å². The summed E-state index contributed by atoms with van der Waals surface area (Å²) in [5.74, 6) is -0.879. The predicted octanol–water partition coefficient (Wildman–Crippen LogP) is 1.67. The zero-order valence-corrected chi connectivity index (χ0v) is 9.97. The van der Waals surface area contributed by atoms with E-state index in [-0.39, 0.29) is 5.56 Å². The second-order valence-corrected chi connectivity index (χ2v) is 3.57. The minimum Gasteiger partial charge on any atom is -0.465 e. The van der Waals surface area contributed by atoms with Crippen LogP contribution in [0.2, 0.25) is 0 Å². The number of carbonyl (C=O) groups excluding carboxylic acids is 1. The van der Waals surface area contributed by atoms with Gasteiger partial charge in [0.2, 0.25) is 6.23 Å². The van der Waals surface area contributed by atoms with Crippen LogP contribution in [0.25, 0.3) is 0 Å². The summed E-state index contributed by atoms with van der Waals surface area (Å²) in [6, 6.07) is 2.65. The molecule has 20 heavy (non-hydrogen) atoms. The molecule has 0 amide bonds. The Labute approximate surface area is 110 Å². The smallest absolute Gasteiger partial charge is 0.433 e. The first-order chi connectivity index (χ1) is 9.16. The molecule has 0 spiro atoms. The Morgan fingerprint density at radius 2 is 2.10 bits per heavy atom. The van der Waals surface area contributed by atoms with E-state index >= 15 is 0 Å². The molecule has 0 radical (unpaired) electrons. The zero-order valence-electron chi connectivity index (χ0n) is 9.97. The molecule has 110 valence electrons. The number of rotatable bonds is 4. The van der Waals surface area contributed by atoms with Crippen LogP contribution in [-0.4, -0.2) is 35.5 Å². The van der Waals surface area contributed by atoms with Crippen LogP contribution in [0.3, 0.4) is 0 Å². The van der Waals surface area contributed by atoms with Gasteiger partial charge in [-0.25, -0.2) is 4.79 Å². The number of aliphatic hydroxyl groups excluding tert-OH is 1. The summed E-state index contributed by atoms with van der Waals surface area (Å²) in [7, 11) is 1.05. The minimum absolute atomic E-state index is 0.203. The van der Waals surface area contributed by atoms with Crippen molar-refractivity contribution in [3.8, 4) is 0 Å². The first-order valence-corrected chi connectivity index (χ1v) is 5.05. The number of anilines is 1. The number of aliphatic hydroxyl groups is 1. The molecule has 0 heterocycles. The number of nitro groups is 1. The molecular formula is C10H9F3N2O5. The van der Waals surface area contributed by atoms with Gasteiger partial charge in [-0.2, -0.15) is 13.2 Å². The quantitative estimate of drug-likeness (QED) is 0.379. The van der Waals surface area contributed by atoms with E-state index in [0.717, 1.165) is 25.3 Å². The lowest BCUT2D eigenvalue weighted by molar-refractivity contribution is -0.384. The van der Waals surface area contributed by atoms with Gasteiger partial charge in [0.1, 0.15) is 5.69 Å². The Hall–Kier alpha value is -2.36. The lowest BCUT2D eigenvalue weighted by Crippen LogP contribution is -2.35. The Kier molecular flexibility index (Phi) is 4.50. The SMILES string of the molecule is COC(=O)c1ccc(NC(O)C(F)(F)F)c([N+](=O)[O-])c1. The number of hydrogen-bond acceptors (Lipinski definition) is 6.